The number of hydrogen-bond donors (Lipinski definition) is 1. The highest BCUT2D eigenvalue weighted by atomic mass is 16.5. The Morgan fingerprint density at radius 2 is 2.12 bits per heavy atom. The summed E-state index contributed by atoms with van der Waals surface area (Å²) in [7, 11) is 0. The Morgan fingerprint density at radius 3 is 2.76 bits per heavy atom. The predicted molar refractivity (Wildman–Crippen MR) is 97.8 cm³/mol. The molecule has 1 aliphatic heterocycles. The van der Waals surface area contributed by atoms with Gasteiger partial charge in [0.15, 0.2) is 0 Å². The van der Waals surface area contributed by atoms with Crippen LogP contribution in [0.2, 0.25) is 0 Å². The molecule has 1 fully saturated rings. The van der Waals surface area contributed by atoms with Crippen molar-refractivity contribution in [3.63, 3.8) is 0 Å². The molecule has 140 valence electrons. The molecule has 0 radical (unpaired) electrons. The molecule has 1 aliphatic rings. The first-order chi connectivity index (χ1) is 12.2. The maximum absolute atomic E-state index is 12.2. The van der Waals surface area contributed by atoms with Crippen molar-refractivity contribution < 1.29 is 9.53 Å². The third-order valence-corrected chi connectivity index (χ3v) is 4.49. The van der Waals surface area contributed by atoms with E-state index in [0.717, 1.165) is 44.5 Å². The summed E-state index contributed by atoms with van der Waals surface area (Å²) in [6.07, 6.45) is 5.09. The fourth-order valence-corrected chi connectivity index (χ4v) is 3.05. The van der Waals surface area contributed by atoms with Gasteiger partial charge >= 0.3 is 0 Å². The molecule has 0 unspecified atom stereocenters. The maximum Gasteiger partial charge on any atom is 0.268 e. The highest BCUT2D eigenvalue weighted by molar-refractivity contribution is 5.78. The fraction of sp³-hybridized carbons (Fsp3) is 0.722. The van der Waals surface area contributed by atoms with Crippen molar-refractivity contribution in [3.8, 4) is 0 Å². The van der Waals surface area contributed by atoms with Crippen LogP contribution in [0.4, 0.5) is 5.69 Å². The second-order valence-electron chi connectivity index (χ2n) is 6.38. The number of carbonyl (C=O) groups is 1. The van der Waals surface area contributed by atoms with Gasteiger partial charge in [-0.3, -0.25) is 9.59 Å². The molecule has 2 heterocycles. The zero-order valence-corrected chi connectivity index (χ0v) is 15.4. The summed E-state index contributed by atoms with van der Waals surface area (Å²) in [5.41, 5.74) is 0.793. The lowest BCUT2D eigenvalue weighted by atomic mass is 9.95. The molecule has 2 rings (SSSR count). The first kappa shape index (κ1) is 19.4. The van der Waals surface area contributed by atoms with E-state index >= 15 is 0 Å². The molecule has 0 aliphatic carbocycles. The number of hydrogen-bond acceptors (Lipinski definition) is 5. The van der Waals surface area contributed by atoms with E-state index in [-0.39, 0.29) is 17.4 Å². The molecule has 1 amide bonds. The third kappa shape index (κ3) is 5.85. The summed E-state index contributed by atoms with van der Waals surface area (Å²) < 4.78 is 6.76. The normalized spacial score (nSPS) is 15.4. The van der Waals surface area contributed by atoms with E-state index in [1.807, 2.05) is 13.8 Å². The van der Waals surface area contributed by atoms with Crippen LogP contribution in [0.25, 0.3) is 0 Å². The van der Waals surface area contributed by atoms with Crippen LogP contribution in [0.3, 0.4) is 0 Å². The SMILES string of the molecule is CCCn1ncc(N2CCC(C(=O)NCCCOCC)CC2)cc1=O. The minimum Gasteiger partial charge on any atom is -0.382 e. The van der Waals surface area contributed by atoms with Gasteiger partial charge in [-0.25, -0.2) is 4.68 Å². The van der Waals surface area contributed by atoms with E-state index in [9.17, 15) is 9.59 Å². The second-order valence-corrected chi connectivity index (χ2v) is 6.38. The molecule has 25 heavy (non-hydrogen) atoms. The summed E-state index contributed by atoms with van der Waals surface area (Å²) >= 11 is 0. The monoisotopic (exact) mass is 350 g/mol. The molecule has 0 aromatic carbocycles. The first-order valence-corrected chi connectivity index (χ1v) is 9.33. The number of amides is 1. The summed E-state index contributed by atoms with van der Waals surface area (Å²) in [6.45, 7) is 8.24. The van der Waals surface area contributed by atoms with Gasteiger partial charge in [0.2, 0.25) is 5.91 Å². The number of nitrogens with one attached hydrogen (secondary N) is 1. The van der Waals surface area contributed by atoms with Crippen LogP contribution in [0.1, 0.15) is 39.5 Å². The Kier molecular flexibility index (Phi) is 7.91. The van der Waals surface area contributed by atoms with Crippen molar-refractivity contribution in [2.75, 3.05) is 37.7 Å². The van der Waals surface area contributed by atoms with E-state index < -0.39 is 0 Å². The molecule has 7 heteroatoms. The molecule has 0 saturated carbocycles. The molecule has 0 bridgehead atoms. The van der Waals surface area contributed by atoms with Gasteiger partial charge in [0.05, 0.1) is 11.9 Å². The number of aromatic nitrogens is 2. The van der Waals surface area contributed by atoms with Crippen molar-refractivity contribution in [2.24, 2.45) is 5.92 Å². The smallest absolute Gasteiger partial charge is 0.268 e. The lowest BCUT2D eigenvalue weighted by molar-refractivity contribution is -0.125. The fourth-order valence-electron chi connectivity index (χ4n) is 3.05. The van der Waals surface area contributed by atoms with Crippen LogP contribution in [0.5, 0.6) is 0 Å². The van der Waals surface area contributed by atoms with E-state index in [2.05, 4.69) is 15.3 Å². The Hall–Kier alpha value is -1.89. The quantitative estimate of drug-likeness (QED) is 0.682. The minimum atomic E-state index is -0.0616. The number of piperidine rings is 1. The number of anilines is 1. The first-order valence-electron chi connectivity index (χ1n) is 9.33. The van der Waals surface area contributed by atoms with Crippen LogP contribution in [-0.2, 0) is 16.1 Å². The Bertz CT molecular complexity index is 594. The van der Waals surface area contributed by atoms with Gasteiger partial charge in [-0.1, -0.05) is 6.92 Å². The molecular formula is C18H30N4O3. The Morgan fingerprint density at radius 1 is 1.36 bits per heavy atom. The van der Waals surface area contributed by atoms with Crippen LogP contribution in [0.15, 0.2) is 17.1 Å². The van der Waals surface area contributed by atoms with Gasteiger partial charge in [-0.05, 0) is 32.6 Å². The van der Waals surface area contributed by atoms with Crippen LogP contribution in [-0.4, -0.2) is 48.5 Å². The van der Waals surface area contributed by atoms with Gasteiger partial charge < -0.3 is 15.0 Å². The van der Waals surface area contributed by atoms with E-state index in [0.29, 0.717) is 26.3 Å². The van der Waals surface area contributed by atoms with Crippen LogP contribution >= 0.6 is 0 Å². The number of carbonyl (C=O) groups excluding carboxylic acids is 1. The zero-order chi connectivity index (χ0) is 18.1. The number of nitrogens with zero attached hydrogens (tertiary/aromatic N) is 3. The molecular weight excluding hydrogens is 320 g/mol. The molecule has 0 spiro atoms. The lowest BCUT2D eigenvalue weighted by Gasteiger charge is -2.32. The van der Waals surface area contributed by atoms with Crippen molar-refractivity contribution in [1.82, 2.24) is 15.1 Å². The predicted octanol–water partition coefficient (Wildman–Crippen LogP) is 1.41. The summed E-state index contributed by atoms with van der Waals surface area (Å²) in [5, 5.41) is 7.23. The van der Waals surface area contributed by atoms with Crippen LogP contribution < -0.4 is 15.8 Å². The zero-order valence-electron chi connectivity index (χ0n) is 15.4. The Labute approximate surface area is 149 Å². The van der Waals surface area contributed by atoms with E-state index in [1.165, 1.54) is 4.68 Å². The van der Waals surface area contributed by atoms with Gasteiger partial charge in [-0.15, -0.1) is 0 Å². The molecule has 1 aromatic heterocycles. The topological polar surface area (TPSA) is 76.5 Å². The van der Waals surface area contributed by atoms with Crippen molar-refractivity contribution in [3.05, 3.63) is 22.6 Å². The average molecular weight is 350 g/mol. The molecule has 7 nitrogen and oxygen atoms in total. The maximum atomic E-state index is 12.2. The van der Waals surface area contributed by atoms with Crippen molar-refractivity contribution >= 4 is 11.6 Å². The highest BCUT2D eigenvalue weighted by Gasteiger charge is 2.25. The van der Waals surface area contributed by atoms with E-state index in [1.54, 1.807) is 12.3 Å². The highest BCUT2D eigenvalue weighted by Crippen LogP contribution is 2.21. The third-order valence-electron chi connectivity index (χ3n) is 4.49. The minimum absolute atomic E-state index is 0.0526. The van der Waals surface area contributed by atoms with Crippen molar-refractivity contribution in [2.45, 2.75) is 46.1 Å². The van der Waals surface area contributed by atoms with Gasteiger partial charge in [0.25, 0.3) is 5.56 Å². The lowest BCUT2D eigenvalue weighted by Crippen LogP contribution is -2.41. The molecule has 1 saturated heterocycles. The largest absolute Gasteiger partial charge is 0.382 e. The van der Waals surface area contributed by atoms with E-state index in [4.69, 9.17) is 4.74 Å². The average Bonchev–Trinajstić information content (AvgIpc) is 2.63. The van der Waals surface area contributed by atoms with Gasteiger partial charge in [0.1, 0.15) is 0 Å². The van der Waals surface area contributed by atoms with Crippen molar-refractivity contribution in [1.29, 1.82) is 0 Å². The molecule has 1 N–H and O–H groups in total. The summed E-state index contributed by atoms with van der Waals surface area (Å²) in [4.78, 5) is 26.4. The van der Waals surface area contributed by atoms with Gasteiger partial charge in [0, 0.05) is 51.4 Å². The molecule has 1 aromatic rings. The number of aryl methyl sites for hydroxylation is 1. The Balaban J connectivity index is 1.78. The number of ether oxygens (including phenoxy) is 1. The number of rotatable bonds is 9. The van der Waals surface area contributed by atoms with Gasteiger partial charge in [-0.2, -0.15) is 5.10 Å². The molecule has 0 atom stereocenters. The summed E-state index contributed by atoms with van der Waals surface area (Å²) in [5.74, 6) is 0.185. The standard InChI is InChI=1S/C18H30N4O3/c1-3-9-22-17(23)13-16(14-20-22)21-10-6-15(7-11-21)18(24)19-8-5-12-25-4-2/h13-15H,3-12H2,1-2H3,(H,19,24). The second kappa shape index (κ2) is 10.2. The van der Waals surface area contributed by atoms with Crippen LogP contribution in [0, 0.1) is 5.92 Å². The summed E-state index contributed by atoms with van der Waals surface area (Å²) in [6, 6.07) is 1.65.